The molecule has 0 saturated heterocycles. The number of hydrogen-bond acceptors (Lipinski definition) is 13. The van der Waals surface area contributed by atoms with E-state index < -0.39 is 36.7 Å². The normalized spacial score (nSPS) is 14.0. The van der Waals surface area contributed by atoms with E-state index >= 15 is 0 Å². The number of carbonyl (C=O) groups excluding carboxylic acids is 2. The molecule has 0 aliphatic heterocycles. The molecule has 2 aromatic carbocycles. The van der Waals surface area contributed by atoms with Gasteiger partial charge in [-0.3, -0.25) is 4.89 Å². The fourth-order valence-electron chi connectivity index (χ4n) is 3.52. The Bertz CT molecular complexity index is 1160. The summed E-state index contributed by atoms with van der Waals surface area (Å²) in [5.41, 5.74) is 1.61. The van der Waals surface area contributed by atoms with E-state index in [9.17, 15) is 30.0 Å². The van der Waals surface area contributed by atoms with Gasteiger partial charge in [0.15, 0.2) is 12.6 Å². The third kappa shape index (κ3) is 13.2. The van der Waals surface area contributed by atoms with Crippen LogP contribution in [0.4, 0.5) is 0 Å². The third-order valence-electron chi connectivity index (χ3n) is 6.05. The van der Waals surface area contributed by atoms with Gasteiger partial charge >= 0.3 is 11.9 Å². The van der Waals surface area contributed by atoms with Crippen LogP contribution in [-0.2, 0) is 39.0 Å². The molecule has 0 spiro atoms. The van der Waals surface area contributed by atoms with E-state index in [1.54, 1.807) is 24.3 Å². The van der Waals surface area contributed by atoms with Gasteiger partial charge in [-0.05, 0) is 35.4 Å². The Morgan fingerprint density at radius 3 is 1.55 bits per heavy atom. The Labute approximate surface area is 255 Å². The van der Waals surface area contributed by atoms with E-state index in [0.717, 1.165) is 23.3 Å². The summed E-state index contributed by atoms with van der Waals surface area (Å²) in [7, 11) is 0. The largest absolute Gasteiger partial charge is 0.488 e. The minimum absolute atomic E-state index is 0.175. The summed E-state index contributed by atoms with van der Waals surface area (Å²) in [6.07, 6.45) is -2.97. The summed E-state index contributed by atoms with van der Waals surface area (Å²) in [5, 5.41) is 39.4. The standard InChI is InChI=1S/C31H40O13/c1-5-27(34)40-15-23(32)16-41-29(36)19-38-25-11-7-21(8-12-25)31(3,4)22-9-13-26(14-10-22)39-20-30(37)42-17-24(33)18-43-44-28(35)6-2/h5-14,23-24,29-30,32-33,36-37H,1-2,15-20H2,3-4H3. The van der Waals surface area contributed by atoms with E-state index in [4.69, 9.17) is 23.7 Å². The lowest BCUT2D eigenvalue weighted by Gasteiger charge is -2.26. The van der Waals surface area contributed by atoms with Gasteiger partial charge in [0.1, 0.15) is 50.1 Å². The molecule has 13 nitrogen and oxygen atoms in total. The van der Waals surface area contributed by atoms with Gasteiger partial charge in [-0.2, -0.15) is 4.89 Å². The van der Waals surface area contributed by atoms with Crippen LogP contribution in [-0.4, -0.2) is 96.8 Å². The highest BCUT2D eigenvalue weighted by molar-refractivity contribution is 5.81. The fraction of sp³-hybridized carbons (Fsp3) is 0.419. The van der Waals surface area contributed by atoms with Crippen LogP contribution >= 0.6 is 0 Å². The van der Waals surface area contributed by atoms with Crippen LogP contribution in [0.25, 0.3) is 0 Å². The Morgan fingerprint density at radius 1 is 0.682 bits per heavy atom. The molecular weight excluding hydrogens is 580 g/mol. The molecule has 0 fully saturated rings. The average molecular weight is 621 g/mol. The zero-order chi connectivity index (χ0) is 32.5. The lowest BCUT2D eigenvalue weighted by atomic mass is 9.78. The summed E-state index contributed by atoms with van der Waals surface area (Å²) in [5.74, 6) is -0.457. The topological polar surface area (TPSA) is 180 Å². The van der Waals surface area contributed by atoms with Crippen LogP contribution in [0.1, 0.15) is 25.0 Å². The van der Waals surface area contributed by atoms with Crippen molar-refractivity contribution in [1.29, 1.82) is 0 Å². The molecule has 0 bridgehead atoms. The second kappa shape index (κ2) is 18.8. The third-order valence-corrected chi connectivity index (χ3v) is 6.05. The predicted molar refractivity (Wildman–Crippen MR) is 155 cm³/mol. The first-order chi connectivity index (χ1) is 20.9. The minimum Gasteiger partial charge on any atom is -0.488 e. The highest BCUT2D eigenvalue weighted by Gasteiger charge is 2.23. The van der Waals surface area contributed by atoms with Crippen LogP contribution in [0.3, 0.4) is 0 Å². The molecule has 2 aromatic rings. The molecule has 0 aliphatic carbocycles. The number of aliphatic hydroxyl groups is 4. The van der Waals surface area contributed by atoms with Crippen LogP contribution < -0.4 is 9.47 Å². The minimum atomic E-state index is -1.31. The molecule has 44 heavy (non-hydrogen) atoms. The SMILES string of the molecule is C=CC(=O)OCC(O)COC(O)COc1ccc(C(C)(C)c2ccc(OCC(O)OCC(O)COOC(=O)C=C)cc2)cc1. The maximum Gasteiger partial charge on any atom is 0.365 e. The highest BCUT2D eigenvalue weighted by Crippen LogP contribution is 2.33. The number of hydrogen-bond donors (Lipinski definition) is 4. The zero-order valence-electron chi connectivity index (χ0n) is 24.7. The number of carbonyl (C=O) groups is 2. The molecule has 0 amide bonds. The Balaban J connectivity index is 1.77. The smallest absolute Gasteiger partial charge is 0.365 e. The maximum absolute atomic E-state index is 11.0. The van der Waals surface area contributed by atoms with E-state index in [1.165, 1.54) is 0 Å². The molecule has 13 heteroatoms. The molecular formula is C31H40O13. The van der Waals surface area contributed by atoms with Crippen molar-refractivity contribution in [1.82, 2.24) is 0 Å². The molecule has 2 rings (SSSR count). The van der Waals surface area contributed by atoms with Crippen molar-refractivity contribution in [3.05, 3.63) is 85.0 Å². The number of aliphatic hydroxyl groups excluding tert-OH is 4. The summed E-state index contributed by atoms with van der Waals surface area (Å²) in [4.78, 5) is 30.7. The van der Waals surface area contributed by atoms with Crippen molar-refractivity contribution in [3.63, 3.8) is 0 Å². The second-order valence-electron chi connectivity index (χ2n) is 9.90. The summed E-state index contributed by atoms with van der Waals surface area (Å²) in [6.45, 7) is 9.05. The Morgan fingerprint density at radius 2 is 1.11 bits per heavy atom. The first kappa shape index (κ1) is 36.4. The molecule has 0 heterocycles. The van der Waals surface area contributed by atoms with Gasteiger partial charge in [0.05, 0.1) is 13.2 Å². The lowest BCUT2D eigenvalue weighted by molar-refractivity contribution is -0.281. The van der Waals surface area contributed by atoms with Crippen LogP contribution in [0.15, 0.2) is 73.8 Å². The molecule has 0 radical (unpaired) electrons. The van der Waals surface area contributed by atoms with Crippen LogP contribution in [0.2, 0.25) is 0 Å². The van der Waals surface area contributed by atoms with E-state index in [2.05, 4.69) is 36.8 Å². The van der Waals surface area contributed by atoms with Gasteiger partial charge in [0.2, 0.25) is 0 Å². The van der Waals surface area contributed by atoms with Gasteiger partial charge in [0.25, 0.3) is 0 Å². The molecule has 0 aromatic heterocycles. The summed E-state index contributed by atoms with van der Waals surface area (Å²) in [6, 6.07) is 14.7. The lowest BCUT2D eigenvalue weighted by Crippen LogP contribution is -2.29. The zero-order valence-corrected chi connectivity index (χ0v) is 24.7. The predicted octanol–water partition coefficient (Wildman–Crippen LogP) is 1.55. The van der Waals surface area contributed by atoms with Gasteiger partial charge in [-0.15, -0.1) is 0 Å². The molecule has 4 atom stereocenters. The van der Waals surface area contributed by atoms with E-state index in [-0.39, 0.29) is 45.1 Å². The van der Waals surface area contributed by atoms with Crippen molar-refractivity contribution < 1.29 is 63.5 Å². The number of esters is 1. The van der Waals surface area contributed by atoms with Crippen molar-refractivity contribution >= 4 is 11.9 Å². The second-order valence-corrected chi connectivity index (χ2v) is 9.90. The first-order valence-electron chi connectivity index (χ1n) is 13.6. The van der Waals surface area contributed by atoms with Crippen molar-refractivity contribution in [2.45, 2.75) is 44.1 Å². The molecule has 0 aliphatic rings. The average Bonchev–Trinajstić information content (AvgIpc) is 3.03. The van der Waals surface area contributed by atoms with Gasteiger partial charge in [0, 0.05) is 17.6 Å². The maximum atomic E-state index is 11.0. The van der Waals surface area contributed by atoms with Crippen LogP contribution in [0.5, 0.6) is 11.5 Å². The monoisotopic (exact) mass is 620 g/mol. The van der Waals surface area contributed by atoms with E-state index in [0.29, 0.717) is 11.5 Å². The molecule has 242 valence electrons. The summed E-state index contributed by atoms with van der Waals surface area (Å²) >= 11 is 0. The number of ether oxygens (including phenoxy) is 5. The molecule has 0 saturated carbocycles. The number of rotatable bonds is 21. The Kier molecular flexibility index (Phi) is 15.5. The van der Waals surface area contributed by atoms with Crippen LogP contribution in [0, 0.1) is 0 Å². The van der Waals surface area contributed by atoms with Gasteiger partial charge < -0.3 is 44.1 Å². The van der Waals surface area contributed by atoms with Crippen molar-refractivity contribution in [3.8, 4) is 11.5 Å². The molecule has 4 N–H and O–H groups in total. The van der Waals surface area contributed by atoms with Gasteiger partial charge in [-0.25, -0.2) is 9.59 Å². The van der Waals surface area contributed by atoms with E-state index in [1.807, 2.05) is 24.3 Å². The first-order valence-corrected chi connectivity index (χ1v) is 13.6. The summed E-state index contributed by atoms with van der Waals surface area (Å²) < 4.78 is 26.1. The fourth-order valence-corrected chi connectivity index (χ4v) is 3.52. The highest BCUT2D eigenvalue weighted by atomic mass is 17.2. The van der Waals surface area contributed by atoms with Gasteiger partial charge in [-0.1, -0.05) is 51.3 Å². The van der Waals surface area contributed by atoms with Crippen molar-refractivity contribution in [2.75, 3.05) is 39.6 Å². The molecule has 4 unspecified atom stereocenters. The van der Waals surface area contributed by atoms with Crippen molar-refractivity contribution in [2.24, 2.45) is 0 Å². The quantitative estimate of drug-likeness (QED) is 0.0520. The number of benzene rings is 2. The Hall–Kier alpha value is -3.82.